The summed E-state index contributed by atoms with van der Waals surface area (Å²) in [6.45, 7) is 2.25. The van der Waals surface area contributed by atoms with Crippen LogP contribution >= 0.6 is 0 Å². The molecule has 0 aromatic carbocycles. The molecule has 0 rings (SSSR count). The van der Waals surface area contributed by atoms with Crippen LogP contribution in [0.5, 0.6) is 0 Å². The van der Waals surface area contributed by atoms with Crippen LogP contribution in [0.15, 0.2) is 24.3 Å². The van der Waals surface area contributed by atoms with Gasteiger partial charge in [-0.25, -0.2) is 0 Å². The van der Waals surface area contributed by atoms with Crippen molar-refractivity contribution in [3.05, 3.63) is 24.3 Å². The summed E-state index contributed by atoms with van der Waals surface area (Å²) < 4.78 is 0. The second-order valence-electron chi connectivity index (χ2n) is 5.23. The molecule has 110 valence electrons. The zero-order chi connectivity index (χ0) is 14.0. The fourth-order valence-electron chi connectivity index (χ4n) is 2.13. The van der Waals surface area contributed by atoms with E-state index in [9.17, 15) is 4.79 Å². The van der Waals surface area contributed by atoms with Crippen molar-refractivity contribution >= 4 is 6.29 Å². The molecule has 0 aromatic rings. The van der Waals surface area contributed by atoms with Gasteiger partial charge >= 0.3 is 0 Å². The highest BCUT2D eigenvalue weighted by molar-refractivity contribution is 5.64. The molecule has 0 atom stereocenters. The molecule has 0 aromatic heterocycles. The van der Waals surface area contributed by atoms with Crippen LogP contribution < -0.4 is 0 Å². The molecule has 0 N–H and O–H groups in total. The Morgan fingerprint density at radius 1 is 0.632 bits per heavy atom. The minimum atomic E-state index is 0.857. The summed E-state index contributed by atoms with van der Waals surface area (Å²) >= 11 is 0. The molecule has 0 bridgehead atoms. The quantitative estimate of drug-likeness (QED) is 0.163. The number of carbonyl (C=O) groups is 1. The molecular formula is C18H32O. The molecule has 0 saturated carbocycles. The van der Waals surface area contributed by atoms with Crippen molar-refractivity contribution in [2.75, 3.05) is 0 Å². The number of hydrogen-bond donors (Lipinski definition) is 0. The number of carbonyl (C=O) groups excluding carboxylic acids is 1. The maximum Gasteiger partial charge on any atom is 0.142 e. The minimum absolute atomic E-state index is 0.857. The molecule has 0 heterocycles. The SMILES string of the molecule is CCCCCC=CCCCCCCCC/C=C\C=O. The lowest BCUT2D eigenvalue weighted by molar-refractivity contribution is -0.104. The molecular weight excluding hydrogens is 232 g/mol. The highest BCUT2D eigenvalue weighted by Crippen LogP contribution is 2.09. The first-order valence-electron chi connectivity index (χ1n) is 8.17. The molecule has 0 unspecified atom stereocenters. The van der Waals surface area contributed by atoms with Crippen LogP contribution in [0.25, 0.3) is 0 Å². The third kappa shape index (κ3) is 17.1. The van der Waals surface area contributed by atoms with Crippen LogP contribution in [-0.2, 0) is 4.79 Å². The fraction of sp³-hybridized carbons (Fsp3) is 0.722. The first-order chi connectivity index (χ1) is 9.41. The van der Waals surface area contributed by atoms with Gasteiger partial charge in [0.25, 0.3) is 0 Å². The van der Waals surface area contributed by atoms with Crippen LogP contribution in [0.2, 0.25) is 0 Å². The number of rotatable bonds is 14. The highest BCUT2D eigenvalue weighted by Gasteiger charge is 1.90. The van der Waals surface area contributed by atoms with E-state index in [-0.39, 0.29) is 0 Å². The van der Waals surface area contributed by atoms with Gasteiger partial charge in [-0.3, -0.25) is 4.79 Å². The second-order valence-corrected chi connectivity index (χ2v) is 5.23. The van der Waals surface area contributed by atoms with E-state index >= 15 is 0 Å². The average molecular weight is 264 g/mol. The maximum absolute atomic E-state index is 10.0. The Morgan fingerprint density at radius 3 is 1.63 bits per heavy atom. The first-order valence-corrected chi connectivity index (χ1v) is 8.17. The number of unbranched alkanes of at least 4 members (excludes halogenated alkanes) is 10. The average Bonchev–Trinajstić information content (AvgIpc) is 2.43. The molecule has 0 aliphatic carbocycles. The summed E-state index contributed by atoms with van der Waals surface area (Å²) in [5.74, 6) is 0. The van der Waals surface area contributed by atoms with E-state index in [1.54, 1.807) is 6.08 Å². The van der Waals surface area contributed by atoms with Gasteiger partial charge in [-0.2, -0.15) is 0 Å². The lowest BCUT2D eigenvalue weighted by atomic mass is 10.1. The Morgan fingerprint density at radius 2 is 1.11 bits per heavy atom. The number of hydrogen-bond acceptors (Lipinski definition) is 1. The Hall–Kier alpha value is -0.850. The molecule has 0 saturated heterocycles. The topological polar surface area (TPSA) is 17.1 Å². The van der Waals surface area contributed by atoms with Crippen molar-refractivity contribution < 1.29 is 4.79 Å². The van der Waals surface area contributed by atoms with Gasteiger partial charge in [0, 0.05) is 0 Å². The van der Waals surface area contributed by atoms with Crippen molar-refractivity contribution in [1.82, 2.24) is 0 Å². The lowest BCUT2D eigenvalue weighted by Gasteiger charge is -1.99. The van der Waals surface area contributed by atoms with Crippen molar-refractivity contribution in [2.45, 2.75) is 84.0 Å². The second kappa shape index (κ2) is 17.2. The van der Waals surface area contributed by atoms with Gasteiger partial charge < -0.3 is 0 Å². The smallest absolute Gasteiger partial charge is 0.142 e. The van der Waals surface area contributed by atoms with E-state index in [1.807, 2.05) is 6.08 Å². The van der Waals surface area contributed by atoms with Gasteiger partial charge in [0.15, 0.2) is 0 Å². The van der Waals surface area contributed by atoms with Crippen molar-refractivity contribution in [3.8, 4) is 0 Å². The Balaban J connectivity index is 3.06. The van der Waals surface area contributed by atoms with Crippen LogP contribution in [0, 0.1) is 0 Å². The molecule has 19 heavy (non-hydrogen) atoms. The molecule has 0 aliphatic rings. The lowest BCUT2D eigenvalue weighted by Crippen LogP contribution is -1.79. The number of allylic oxidation sites excluding steroid dienone is 4. The third-order valence-electron chi connectivity index (χ3n) is 3.35. The maximum atomic E-state index is 10.0. The largest absolute Gasteiger partial charge is 0.299 e. The van der Waals surface area contributed by atoms with Gasteiger partial charge in [-0.05, 0) is 44.6 Å². The van der Waals surface area contributed by atoms with Gasteiger partial charge in [0.2, 0.25) is 0 Å². The van der Waals surface area contributed by atoms with Crippen molar-refractivity contribution in [3.63, 3.8) is 0 Å². The molecule has 0 amide bonds. The summed E-state index contributed by atoms with van der Waals surface area (Å²) in [5.41, 5.74) is 0. The Labute approximate surface area is 120 Å². The molecule has 0 aliphatic heterocycles. The van der Waals surface area contributed by atoms with Gasteiger partial charge in [-0.1, -0.05) is 63.7 Å². The fourth-order valence-corrected chi connectivity index (χ4v) is 2.13. The van der Waals surface area contributed by atoms with Crippen molar-refractivity contribution in [1.29, 1.82) is 0 Å². The summed E-state index contributed by atoms with van der Waals surface area (Å²) in [5, 5.41) is 0. The van der Waals surface area contributed by atoms with E-state index in [0.29, 0.717) is 0 Å². The molecule has 0 fully saturated rings. The zero-order valence-corrected chi connectivity index (χ0v) is 12.8. The van der Waals surface area contributed by atoms with Crippen molar-refractivity contribution in [2.24, 2.45) is 0 Å². The van der Waals surface area contributed by atoms with E-state index in [2.05, 4.69) is 19.1 Å². The Bertz CT molecular complexity index is 228. The summed E-state index contributed by atoms with van der Waals surface area (Å²) in [6, 6.07) is 0. The van der Waals surface area contributed by atoms with E-state index in [4.69, 9.17) is 0 Å². The minimum Gasteiger partial charge on any atom is -0.299 e. The molecule has 0 radical (unpaired) electrons. The third-order valence-corrected chi connectivity index (χ3v) is 3.35. The van der Waals surface area contributed by atoms with Crippen LogP contribution in [0.1, 0.15) is 84.0 Å². The normalized spacial score (nSPS) is 11.6. The van der Waals surface area contributed by atoms with Crippen LogP contribution in [0.4, 0.5) is 0 Å². The predicted octanol–water partition coefficient (Wildman–Crippen LogP) is 6.00. The first kappa shape index (κ1) is 18.1. The van der Waals surface area contributed by atoms with E-state index in [0.717, 1.165) is 12.7 Å². The zero-order valence-electron chi connectivity index (χ0n) is 12.8. The van der Waals surface area contributed by atoms with Gasteiger partial charge in [0.1, 0.15) is 6.29 Å². The van der Waals surface area contributed by atoms with Gasteiger partial charge in [0.05, 0.1) is 0 Å². The molecule has 1 nitrogen and oxygen atoms in total. The Kier molecular flexibility index (Phi) is 16.4. The summed E-state index contributed by atoms with van der Waals surface area (Å²) in [6.07, 6.45) is 24.7. The monoisotopic (exact) mass is 264 g/mol. The molecule has 1 heteroatoms. The van der Waals surface area contributed by atoms with Crippen LogP contribution in [-0.4, -0.2) is 6.29 Å². The van der Waals surface area contributed by atoms with E-state index in [1.165, 1.54) is 70.6 Å². The van der Waals surface area contributed by atoms with Crippen LogP contribution in [0.3, 0.4) is 0 Å². The summed E-state index contributed by atoms with van der Waals surface area (Å²) in [7, 11) is 0. The standard InChI is InChI=1S/C18H32O/c1-2-3-4-5-6-7-8-9-10-11-12-13-14-15-16-17-18-19/h6-7,16-18H,2-5,8-15H2,1H3/b7-6?,17-16-. The van der Waals surface area contributed by atoms with Gasteiger partial charge in [-0.15, -0.1) is 0 Å². The number of aldehydes is 1. The predicted molar refractivity (Wildman–Crippen MR) is 85.4 cm³/mol. The highest BCUT2D eigenvalue weighted by atomic mass is 16.1. The molecule has 0 spiro atoms. The summed E-state index contributed by atoms with van der Waals surface area (Å²) in [4.78, 5) is 10.0. The van der Waals surface area contributed by atoms with E-state index < -0.39 is 0 Å².